The zero-order valence-electron chi connectivity index (χ0n) is 17.6. The third kappa shape index (κ3) is 4.90. The Labute approximate surface area is 187 Å². The highest BCUT2D eigenvalue weighted by molar-refractivity contribution is 7.88. The summed E-state index contributed by atoms with van der Waals surface area (Å²) in [4.78, 5) is 9.86. The molecule has 1 aliphatic rings. The lowest BCUT2D eigenvalue weighted by molar-refractivity contribution is 0.387. The number of H-pyrrole nitrogens is 1. The van der Waals surface area contributed by atoms with E-state index in [-0.39, 0.29) is 5.82 Å². The summed E-state index contributed by atoms with van der Waals surface area (Å²) in [5.74, 6) is 3.27. The van der Waals surface area contributed by atoms with E-state index < -0.39 is 10.0 Å². The van der Waals surface area contributed by atoms with Gasteiger partial charge in [0.1, 0.15) is 11.6 Å². The maximum absolute atomic E-state index is 13.1. The summed E-state index contributed by atoms with van der Waals surface area (Å²) in [6, 6.07) is 12.0. The number of hydrogen-bond donors (Lipinski definition) is 1. The molecule has 0 aliphatic carbocycles. The molecule has 32 heavy (non-hydrogen) atoms. The number of anilines is 1. The van der Waals surface area contributed by atoms with Gasteiger partial charge in [0, 0.05) is 43.6 Å². The molecule has 6 nitrogen and oxygen atoms in total. The van der Waals surface area contributed by atoms with Crippen LogP contribution in [-0.4, -0.2) is 55.1 Å². The van der Waals surface area contributed by atoms with Crippen LogP contribution in [-0.2, 0) is 10.0 Å². The number of benzene rings is 1. The molecule has 3 aromatic rings. The van der Waals surface area contributed by atoms with Crippen LogP contribution >= 0.6 is 0 Å². The van der Waals surface area contributed by atoms with Gasteiger partial charge in [0.25, 0.3) is 0 Å². The van der Waals surface area contributed by atoms with E-state index in [0.29, 0.717) is 26.2 Å². The van der Waals surface area contributed by atoms with Crippen molar-refractivity contribution < 1.29 is 12.8 Å². The van der Waals surface area contributed by atoms with Crippen LogP contribution in [0, 0.1) is 18.2 Å². The van der Waals surface area contributed by atoms with Crippen LogP contribution in [0.15, 0.2) is 48.7 Å². The number of pyridine rings is 1. The average molecular weight is 451 g/mol. The zero-order valence-corrected chi connectivity index (χ0v) is 18.4. The average Bonchev–Trinajstić information content (AvgIpc) is 3.23. The Morgan fingerprint density at radius 1 is 1.09 bits per heavy atom. The van der Waals surface area contributed by atoms with Gasteiger partial charge in [0.2, 0.25) is 10.0 Å². The van der Waals surface area contributed by atoms with E-state index in [2.05, 4.69) is 20.8 Å². The van der Waals surface area contributed by atoms with Crippen LogP contribution in [0.4, 0.5) is 10.2 Å². The van der Waals surface area contributed by atoms with E-state index >= 15 is 0 Å². The monoisotopic (exact) mass is 450 g/mol. The lowest BCUT2D eigenvalue weighted by atomic mass is 10.1. The Hall–Kier alpha value is -3.41. The fraction of sp³-hybridized carbons (Fsp3) is 0.208. The van der Waals surface area contributed by atoms with Gasteiger partial charge in [0.05, 0.1) is 17.5 Å². The SMILES string of the molecule is C#Cc1cc(-c2ccnc(/C=C/c3ccc(F)cc3)c2)[nH]c1N1CCN(S(C)(=O)=O)CC1. The van der Waals surface area contributed by atoms with E-state index in [4.69, 9.17) is 6.42 Å². The fourth-order valence-electron chi connectivity index (χ4n) is 3.66. The van der Waals surface area contributed by atoms with Gasteiger partial charge in [-0.3, -0.25) is 4.98 Å². The molecular formula is C24H23FN4O2S. The third-order valence-corrected chi connectivity index (χ3v) is 6.69. The van der Waals surface area contributed by atoms with Crippen LogP contribution in [0.1, 0.15) is 16.8 Å². The van der Waals surface area contributed by atoms with Crippen LogP contribution in [0.25, 0.3) is 23.4 Å². The summed E-state index contributed by atoms with van der Waals surface area (Å²) in [6.07, 6.45) is 12.4. The van der Waals surface area contributed by atoms with Crippen molar-refractivity contribution in [2.75, 3.05) is 37.3 Å². The molecule has 1 N–H and O–H groups in total. The molecule has 1 saturated heterocycles. The van der Waals surface area contributed by atoms with Crippen LogP contribution < -0.4 is 4.90 Å². The molecule has 0 radical (unpaired) electrons. The second kappa shape index (κ2) is 8.99. The molecule has 0 spiro atoms. The van der Waals surface area contributed by atoms with Crippen molar-refractivity contribution in [3.8, 4) is 23.6 Å². The largest absolute Gasteiger partial charge is 0.354 e. The van der Waals surface area contributed by atoms with E-state index in [1.54, 1.807) is 18.3 Å². The first kappa shape index (κ1) is 21.8. The molecule has 0 unspecified atom stereocenters. The summed E-state index contributed by atoms with van der Waals surface area (Å²) < 4.78 is 38.1. The number of terminal acetylenes is 1. The standard InChI is InChI=1S/C24H23FN4O2S/c1-3-19-17-23(27-24(19)28-12-14-29(15-13-28)32(2,30)31)20-10-11-26-22(16-20)9-6-18-4-7-21(25)8-5-18/h1,4-11,16-17,27H,12-15H2,2H3/b9-6+. The van der Waals surface area contributed by atoms with E-state index in [0.717, 1.165) is 33.9 Å². The molecule has 0 amide bonds. The molecule has 8 heteroatoms. The minimum absolute atomic E-state index is 0.271. The number of sulfonamides is 1. The van der Waals surface area contributed by atoms with E-state index in [9.17, 15) is 12.8 Å². The van der Waals surface area contributed by atoms with Crippen molar-refractivity contribution in [3.05, 3.63) is 71.3 Å². The third-order valence-electron chi connectivity index (χ3n) is 5.38. The number of aromatic nitrogens is 2. The molecule has 0 saturated carbocycles. The summed E-state index contributed by atoms with van der Waals surface area (Å²) in [6.45, 7) is 1.96. The Kier molecular flexibility index (Phi) is 6.12. The van der Waals surface area contributed by atoms with Crippen molar-refractivity contribution in [3.63, 3.8) is 0 Å². The molecule has 4 rings (SSSR count). The molecule has 0 bridgehead atoms. The van der Waals surface area contributed by atoms with Gasteiger partial charge in [-0.05, 0) is 42.0 Å². The highest BCUT2D eigenvalue weighted by Crippen LogP contribution is 2.28. The lowest BCUT2D eigenvalue weighted by Gasteiger charge is -2.34. The predicted octanol–water partition coefficient (Wildman–Crippen LogP) is 3.45. The Balaban J connectivity index is 1.55. The Morgan fingerprint density at radius 3 is 2.47 bits per heavy atom. The van der Waals surface area contributed by atoms with E-state index in [1.165, 1.54) is 22.7 Å². The Bertz CT molecular complexity index is 1280. The normalized spacial score (nSPS) is 15.2. The first-order chi connectivity index (χ1) is 15.3. The Morgan fingerprint density at radius 2 is 1.81 bits per heavy atom. The maximum Gasteiger partial charge on any atom is 0.211 e. The van der Waals surface area contributed by atoms with Gasteiger partial charge in [-0.15, -0.1) is 6.42 Å². The van der Waals surface area contributed by atoms with Crippen molar-refractivity contribution >= 4 is 28.0 Å². The molecule has 2 aromatic heterocycles. The summed E-state index contributed by atoms with van der Waals surface area (Å²) in [5, 5.41) is 0. The van der Waals surface area contributed by atoms with Crippen molar-refractivity contribution in [2.24, 2.45) is 0 Å². The highest BCUT2D eigenvalue weighted by Gasteiger charge is 2.25. The number of nitrogens with zero attached hydrogens (tertiary/aromatic N) is 3. The summed E-state index contributed by atoms with van der Waals surface area (Å²) in [7, 11) is -3.19. The molecule has 3 heterocycles. The zero-order chi connectivity index (χ0) is 22.7. The molecular weight excluding hydrogens is 427 g/mol. The number of aromatic amines is 1. The second-order valence-electron chi connectivity index (χ2n) is 7.59. The minimum atomic E-state index is -3.19. The van der Waals surface area contributed by atoms with Crippen LogP contribution in [0.3, 0.4) is 0 Å². The second-order valence-corrected chi connectivity index (χ2v) is 9.58. The van der Waals surface area contributed by atoms with Crippen LogP contribution in [0.2, 0.25) is 0 Å². The number of nitrogens with one attached hydrogen (secondary N) is 1. The molecule has 164 valence electrons. The summed E-state index contributed by atoms with van der Waals surface area (Å²) in [5.41, 5.74) is 4.15. The highest BCUT2D eigenvalue weighted by atomic mass is 32.2. The fourth-order valence-corrected chi connectivity index (χ4v) is 4.49. The first-order valence-electron chi connectivity index (χ1n) is 10.1. The molecule has 1 aliphatic heterocycles. The summed E-state index contributed by atoms with van der Waals surface area (Å²) >= 11 is 0. The first-order valence-corrected chi connectivity index (χ1v) is 12.0. The van der Waals surface area contributed by atoms with Crippen molar-refractivity contribution in [1.29, 1.82) is 0 Å². The van der Waals surface area contributed by atoms with Crippen molar-refractivity contribution in [1.82, 2.24) is 14.3 Å². The molecule has 1 aromatic carbocycles. The number of halogens is 1. The van der Waals surface area contributed by atoms with Gasteiger partial charge in [-0.25, -0.2) is 12.8 Å². The van der Waals surface area contributed by atoms with Gasteiger partial charge < -0.3 is 9.88 Å². The smallest absolute Gasteiger partial charge is 0.211 e. The minimum Gasteiger partial charge on any atom is -0.354 e. The van der Waals surface area contributed by atoms with Gasteiger partial charge in [-0.1, -0.05) is 24.1 Å². The van der Waals surface area contributed by atoms with Crippen LogP contribution in [0.5, 0.6) is 0 Å². The van der Waals surface area contributed by atoms with E-state index in [1.807, 2.05) is 30.4 Å². The molecule has 1 fully saturated rings. The predicted molar refractivity (Wildman–Crippen MR) is 126 cm³/mol. The topological polar surface area (TPSA) is 69.3 Å². The van der Waals surface area contributed by atoms with Gasteiger partial charge in [-0.2, -0.15) is 4.31 Å². The lowest BCUT2D eigenvalue weighted by Crippen LogP contribution is -2.48. The number of hydrogen-bond acceptors (Lipinski definition) is 4. The van der Waals surface area contributed by atoms with Crippen molar-refractivity contribution in [2.45, 2.75) is 0 Å². The number of rotatable bonds is 5. The maximum atomic E-state index is 13.1. The van der Waals surface area contributed by atoms with Gasteiger partial charge >= 0.3 is 0 Å². The molecule has 0 atom stereocenters. The number of piperazine rings is 1. The van der Waals surface area contributed by atoms with Gasteiger partial charge in [0.15, 0.2) is 0 Å². The quantitative estimate of drug-likeness (QED) is 0.605.